The molecular weight excluding hydrogens is 480 g/mol. The van der Waals surface area contributed by atoms with E-state index in [1.807, 2.05) is 67.0 Å². The van der Waals surface area contributed by atoms with Gasteiger partial charge in [-0.3, -0.25) is 19.5 Å². The van der Waals surface area contributed by atoms with E-state index in [-0.39, 0.29) is 5.75 Å². The average Bonchev–Trinajstić information content (AvgIpc) is 2.91. The molecule has 0 aliphatic carbocycles. The van der Waals surface area contributed by atoms with Crippen molar-refractivity contribution in [2.45, 2.75) is 18.8 Å². The first-order chi connectivity index (χ1) is 18.0. The molecule has 1 aliphatic rings. The topological polar surface area (TPSA) is 65.5 Å². The van der Waals surface area contributed by atoms with Crippen molar-refractivity contribution in [2.75, 3.05) is 30.9 Å². The van der Waals surface area contributed by atoms with E-state index < -0.39 is 10.0 Å². The van der Waals surface area contributed by atoms with Gasteiger partial charge in [-0.25, -0.2) is 8.42 Å². The van der Waals surface area contributed by atoms with Gasteiger partial charge in [-0.15, -0.1) is 0 Å². The number of aromatic nitrogens is 1. The van der Waals surface area contributed by atoms with E-state index in [1.165, 1.54) is 11.1 Å². The summed E-state index contributed by atoms with van der Waals surface area (Å²) in [5.74, 6) is -0.0448. The molecule has 37 heavy (non-hydrogen) atoms. The van der Waals surface area contributed by atoms with Crippen molar-refractivity contribution in [1.82, 2.24) is 14.8 Å². The summed E-state index contributed by atoms with van der Waals surface area (Å²) < 4.78 is 27.7. The first-order valence-corrected chi connectivity index (χ1v) is 14.3. The highest BCUT2D eigenvalue weighted by Gasteiger charge is 2.17. The van der Waals surface area contributed by atoms with E-state index in [2.05, 4.69) is 55.9 Å². The van der Waals surface area contributed by atoms with Gasteiger partial charge in [0.25, 0.3) is 0 Å². The van der Waals surface area contributed by atoms with Crippen LogP contribution in [0.15, 0.2) is 103 Å². The smallest absolute Gasteiger partial charge is 0.236 e. The molecule has 0 bridgehead atoms. The number of piperazine rings is 1. The van der Waals surface area contributed by atoms with Crippen LogP contribution in [0.5, 0.6) is 0 Å². The van der Waals surface area contributed by atoms with Crippen LogP contribution in [0.25, 0.3) is 11.1 Å². The number of anilines is 1. The lowest BCUT2D eigenvalue weighted by Gasteiger charge is -2.34. The van der Waals surface area contributed by atoms with Crippen LogP contribution in [0.2, 0.25) is 0 Å². The first kappa shape index (κ1) is 25.1. The monoisotopic (exact) mass is 512 g/mol. The number of sulfonamides is 1. The van der Waals surface area contributed by atoms with Crippen molar-refractivity contribution in [2.24, 2.45) is 0 Å². The lowest BCUT2D eigenvalue weighted by molar-refractivity contribution is 0.122. The van der Waals surface area contributed by atoms with E-state index in [4.69, 9.17) is 0 Å². The molecule has 3 aromatic carbocycles. The fraction of sp³-hybridized carbons (Fsp3) is 0.233. The summed E-state index contributed by atoms with van der Waals surface area (Å²) in [7, 11) is -3.46. The molecule has 0 radical (unpaired) electrons. The minimum atomic E-state index is -3.46. The maximum Gasteiger partial charge on any atom is 0.236 e. The molecule has 2 heterocycles. The standard InChI is InChI=1S/C30H32N4O2S/c35-37(36,24-27-4-2-1-3-5-27)32-30-12-10-29(11-13-30)28-8-6-25(7-9-28)22-33-18-20-34(21-19-33)23-26-14-16-31-17-15-26/h1-17,32H,18-24H2. The predicted octanol–water partition coefficient (Wildman–Crippen LogP) is 5.01. The lowest BCUT2D eigenvalue weighted by atomic mass is 10.0. The normalized spacial score (nSPS) is 14.9. The van der Waals surface area contributed by atoms with E-state index in [9.17, 15) is 8.42 Å². The summed E-state index contributed by atoms with van der Waals surface area (Å²) in [5, 5.41) is 0. The second-order valence-electron chi connectivity index (χ2n) is 9.53. The van der Waals surface area contributed by atoms with Gasteiger partial charge in [-0.1, -0.05) is 66.7 Å². The molecule has 0 spiro atoms. The summed E-state index contributed by atoms with van der Waals surface area (Å²) in [6, 6.07) is 29.6. The van der Waals surface area contributed by atoms with Crippen LogP contribution in [0.1, 0.15) is 16.7 Å². The fourth-order valence-electron chi connectivity index (χ4n) is 4.65. The molecule has 4 aromatic rings. The third kappa shape index (κ3) is 7.26. The number of nitrogens with zero attached hydrogens (tertiary/aromatic N) is 3. The number of pyridine rings is 1. The molecule has 5 rings (SSSR count). The Balaban J connectivity index is 1.12. The molecule has 7 heteroatoms. The van der Waals surface area contributed by atoms with Crippen LogP contribution >= 0.6 is 0 Å². The summed E-state index contributed by atoms with van der Waals surface area (Å²) in [5.41, 5.74) is 6.12. The van der Waals surface area contributed by atoms with Gasteiger partial charge in [0.15, 0.2) is 0 Å². The van der Waals surface area contributed by atoms with Crippen LogP contribution in [-0.4, -0.2) is 49.4 Å². The Hall–Kier alpha value is -3.52. The van der Waals surface area contributed by atoms with Gasteiger partial charge < -0.3 is 0 Å². The Bertz CT molecular complexity index is 1370. The van der Waals surface area contributed by atoms with Gasteiger partial charge >= 0.3 is 0 Å². The zero-order chi connectivity index (χ0) is 25.5. The molecule has 1 aromatic heterocycles. The average molecular weight is 513 g/mol. The third-order valence-corrected chi connectivity index (χ3v) is 7.93. The summed E-state index contributed by atoms with van der Waals surface area (Å²) >= 11 is 0. The number of nitrogens with one attached hydrogen (secondary N) is 1. The second kappa shape index (κ2) is 11.7. The Labute approximate surface area is 219 Å². The molecule has 1 fully saturated rings. The molecule has 6 nitrogen and oxygen atoms in total. The van der Waals surface area contributed by atoms with Crippen LogP contribution in [0.4, 0.5) is 5.69 Å². The summed E-state index contributed by atoms with van der Waals surface area (Å²) in [6.45, 7) is 6.20. The van der Waals surface area contributed by atoms with Crippen molar-refractivity contribution in [3.05, 3.63) is 120 Å². The minimum absolute atomic E-state index is 0.0448. The quantitative estimate of drug-likeness (QED) is 0.342. The Kier molecular flexibility index (Phi) is 7.94. The van der Waals surface area contributed by atoms with Gasteiger partial charge in [-0.05, 0) is 52.1 Å². The molecule has 0 unspecified atom stereocenters. The third-order valence-electron chi connectivity index (χ3n) is 6.67. The first-order valence-electron chi connectivity index (χ1n) is 12.6. The van der Waals surface area contributed by atoms with E-state index >= 15 is 0 Å². The number of benzene rings is 3. The molecule has 190 valence electrons. The highest BCUT2D eigenvalue weighted by atomic mass is 32.2. The van der Waals surface area contributed by atoms with Crippen molar-refractivity contribution in [3.8, 4) is 11.1 Å². The SMILES string of the molecule is O=S(=O)(Cc1ccccc1)Nc1ccc(-c2ccc(CN3CCN(Cc4ccncc4)CC3)cc2)cc1. The Morgan fingerprint density at radius 2 is 1.14 bits per heavy atom. The molecule has 1 aliphatic heterocycles. The number of rotatable bonds is 9. The minimum Gasteiger partial charge on any atom is -0.297 e. The van der Waals surface area contributed by atoms with Crippen LogP contribution in [-0.2, 0) is 28.9 Å². The Morgan fingerprint density at radius 3 is 1.70 bits per heavy atom. The maximum absolute atomic E-state index is 12.5. The van der Waals surface area contributed by atoms with Gasteiger partial charge in [-0.2, -0.15) is 0 Å². The van der Waals surface area contributed by atoms with Gasteiger partial charge in [0.2, 0.25) is 10.0 Å². The molecule has 0 saturated carbocycles. The van der Waals surface area contributed by atoms with Crippen molar-refractivity contribution >= 4 is 15.7 Å². The van der Waals surface area contributed by atoms with Crippen molar-refractivity contribution < 1.29 is 8.42 Å². The molecule has 1 saturated heterocycles. The zero-order valence-electron chi connectivity index (χ0n) is 20.8. The van der Waals surface area contributed by atoms with Crippen molar-refractivity contribution in [1.29, 1.82) is 0 Å². The predicted molar refractivity (Wildman–Crippen MR) is 149 cm³/mol. The van der Waals surface area contributed by atoms with Crippen molar-refractivity contribution in [3.63, 3.8) is 0 Å². The maximum atomic E-state index is 12.5. The van der Waals surface area contributed by atoms with E-state index in [0.717, 1.165) is 56.0 Å². The van der Waals surface area contributed by atoms with E-state index in [1.54, 1.807) is 0 Å². The summed E-state index contributed by atoms with van der Waals surface area (Å²) in [6.07, 6.45) is 3.72. The summed E-state index contributed by atoms with van der Waals surface area (Å²) in [4.78, 5) is 9.11. The number of hydrogen-bond acceptors (Lipinski definition) is 5. The fourth-order valence-corrected chi connectivity index (χ4v) is 5.85. The second-order valence-corrected chi connectivity index (χ2v) is 11.3. The molecule has 0 atom stereocenters. The van der Waals surface area contributed by atoms with Gasteiger partial charge in [0, 0.05) is 57.3 Å². The van der Waals surface area contributed by atoms with Crippen LogP contribution in [0.3, 0.4) is 0 Å². The van der Waals surface area contributed by atoms with Gasteiger partial charge in [0.1, 0.15) is 0 Å². The highest BCUT2D eigenvalue weighted by molar-refractivity contribution is 7.91. The molecule has 1 N–H and O–H groups in total. The van der Waals surface area contributed by atoms with E-state index in [0.29, 0.717) is 5.69 Å². The highest BCUT2D eigenvalue weighted by Crippen LogP contribution is 2.23. The van der Waals surface area contributed by atoms with Crippen LogP contribution < -0.4 is 4.72 Å². The lowest BCUT2D eigenvalue weighted by Crippen LogP contribution is -2.45. The zero-order valence-corrected chi connectivity index (χ0v) is 21.6. The Morgan fingerprint density at radius 1 is 0.622 bits per heavy atom. The molecular formula is C30H32N4O2S. The van der Waals surface area contributed by atoms with Crippen LogP contribution in [0, 0.1) is 0 Å². The number of hydrogen-bond donors (Lipinski definition) is 1. The van der Waals surface area contributed by atoms with Gasteiger partial charge in [0.05, 0.1) is 5.75 Å². The largest absolute Gasteiger partial charge is 0.297 e. The molecule has 0 amide bonds.